The predicted octanol–water partition coefficient (Wildman–Crippen LogP) is 6.21. The summed E-state index contributed by atoms with van der Waals surface area (Å²) >= 11 is 10.3. The number of thiocarbonyl (C=S) groups is 1. The minimum atomic E-state index is -0.215. The van der Waals surface area contributed by atoms with Crippen molar-refractivity contribution >= 4 is 67.3 Å². The van der Waals surface area contributed by atoms with E-state index in [2.05, 4.69) is 22.9 Å². The maximum absolute atomic E-state index is 13.6. The molecule has 0 radical (unpaired) electrons. The lowest BCUT2D eigenvalue weighted by Gasteiger charge is -2.17. The van der Waals surface area contributed by atoms with Crippen LogP contribution in [0, 0.1) is 0 Å². The molecule has 0 N–H and O–H groups in total. The second-order valence-electron chi connectivity index (χ2n) is 8.65. The number of thioether (sulfide) groups is 1. The molecule has 1 saturated heterocycles. The Balaban J connectivity index is 1.58. The molecular formula is C27H29BrN2O4S2. The molecule has 2 aliphatic heterocycles. The summed E-state index contributed by atoms with van der Waals surface area (Å²) in [5.74, 6) is 0.952. The first-order valence-electron chi connectivity index (χ1n) is 12.0. The van der Waals surface area contributed by atoms with Crippen LogP contribution in [0.15, 0.2) is 45.8 Å². The van der Waals surface area contributed by atoms with Gasteiger partial charge in [-0.3, -0.25) is 14.5 Å². The maximum Gasteiger partial charge on any atom is 0.267 e. The van der Waals surface area contributed by atoms with Crippen molar-refractivity contribution in [3.63, 3.8) is 0 Å². The van der Waals surface area contributed by atoms with Crippen LogP contribution in [0.25, 0.3) is 5.57 Å². The SMILES string of the molecule is CCCCCCN1C(=O)C(=C2SC(=S)N(CCc3ccc(OC)c(OC)c3)C2=O)c2cc(Br)ccc21. The number of rotatable bonds is 10. The van der Waals surface area contributed by atoms with Gasteiger partial charge in [-0.05, 0) is 48.7 Å². The Bertz CT molecular complexity index is 1230. The molecule has 0 saturated carbocycles. The van der Waals surface area contributed by atoms with Gasteiger partial charge in [0.1, 0.15) is 4.32 Å². The molecule has 0 aromatic heterocycles. The summed E-state index contributed by atoms with van der Waals surface area (Å²) in [6, 6.07) is 11.5. The van der Waals surface area contributed by atoms with Gasteiger partial charge in [-0.1, -0.05) is 72.2 Å². The van der Waals surface area contributed by atoms with Crippen LogP contribution in [0.1, 0.15) is 43.7 Å². The molecule has 2 aromatic carbocycles. The van der Waals surface area contributed by atoms with Crippen molar-refractivity contribution in [2.75, 3.05) is 32.2 Å². The van der Waals surface area contributed by atoms with Gasteiger partial charge in [0.15, 0.2) is 11.5 Å². The number of unbranched alkanes of at least 4 members (excludes halogenated alkanes) is 3. The summed E-state index contributed by atoms with van der Waals surface area (Å²) in [7, 11) is 3.19. The number of hydrogen-bond donors (Lipinski definition) is 0. The summed E-state index contributed by atoms with van der Waals surface area (Å²) in [4.78, 5) is 30.9. The van der Waals surface area contributed by atoms with Crippen LogP contribution in [-0.4, -0.2) is 48.3 Å². The molecule has 2 amide bonds. The number of carbonyl (C=O) groups excluding carboxylic acids is 2. The molecule has 0 unspecified atom stereocenters. The monoisotopic (exact) mass is 588 g/mol. The number of ether oxygens (including phenoxy) is 2. The largest absolute Gasteiger partial charge is 0.493 e. The van der Waals surface area contributed by atoms with E-state index in [0.717, 1.165) is 47.0 Å². The molecule has 6 nitrogen and oxygen atoms in total. The molecule has 2 aromatic rings. The van der Waals surface area contributed by atoms with Crippen molar-refractivity contribution in [1.82, 2.24) is 4.90 Å². The second kappa shape index (κ2) is 11.8. The van der Waals surface area contributed by atoms with E-state index in [9.17, 15) is 9.59 Å². The van der Waals surface area contributed by atoms with E-state index in [1.807, 2.05) is 41.3 Å². The topological polar surface area (TPSA) is 59.1 Å². The number of carbonyl (C=O) groups is 2. The van der Waals surface area contributed by atoms with Gasteiger partial charge in [-0.2, -0.15) is 0 Å². The van der Waals surface area contributed by atoms with Gasteiger partial charge in [0.2, 0.25) is 0 Å². The summed E-state index contributed by atoms with van der Waals surface area (Å²) in [5.41, 5.74) is 3.09. The van der Waals surface area contributed by atoms with Crippen LogP contribution in [0.5, 0.6) is 11.5 Å². The van der Waals surface area contributed by atoms with Crippen molar-refractivity contribution in [2.24, 2.45) is 0 Å². The zero-order chi connectivity index (χ0) is 25.8. The number of nitrogens with zero attached hydrogens (tertiary/aromatic N) is 2. The van der Waals surface area contributed by atoms with Gasteiger partial charge in [0, 0.05) is 23.1 Å². The van der Waals surface area contributed by atoms with Crippen molar-refractivity contribution in [1.29, 1.82) is 0 Å². The fourth-order valence-electron chi connectivity index (χ4n) is 4.46. The highest BCUT2D eigenvalue weighted by Crippen LogP contribution is 2.45. The number of hydrogen-bond acceptors (Lipinski definition) is 6. The Hall–Kier alpha value is -2.36. The van der Waals surface area contributed by atoms with Gasteiger partial charge < -0.3 is 14.4 Å². The molecule has 9 heteroatoms. The van der Waals surface area contributed by atoms with E-state index in [1.165, 1.54) is 11.8 Å². The molecule has 0 bridgehead atoms. The fourth-order valence-corrected chi connectivity index (χ4v) is 6.20. The van der Waals surface area contributed by atoms with E-state index < -0.39 is 0 Å². The Kier molecular flexibility index (Phi) is 8.74. The Morgan fingerprint density at radius 3 is 2.42 bits per heavy atom. The van der Waals surface area contributed by atoms with E-state index in [4.69, 9.17) is 21.7 Å². The summed E-state index contributed by atoms with van der Waals surface area (Å²) in [5, 5.41) is 0. The number of anilines is 1. The van der Waals surface area contributed by atoms with Crippen LogP contribution in [-0.2, 0) is 16.0 Å². The van der Waals surface area contributed by atoms with Crippen molar-refractivity contribution < 1.29 is 19.1 Å². The Labute approximate surface area is 230 Å². The van der Waals surface area contributed by atoms with E-state index >= 15 is 0 Å². The smallest absolute Gasteiger partial charge is 0.267 e. The minimum absolute atomic E-state index is 0.125. The first-order valence-corrected chi connectivity index (χ1v) is 14.0. The van der Waals surface area contributed by atoms with Gasteiger partial charge in [-0.25, -0.2) is 0 Å². The zero-order valence-corrected chi connectivity index (χ0v) is 23.9. The van der Waals surface area contributed by atoms with E-state index in [1.54, 1.807) is 19.1 Å². The highest BCUT2D eigenvalue weighted by atomic mass is 79.9. The molecule has 0 spiro atoms. The van der Waals surface area contributed by atoms with Crippen molar-refractivity contribution in [3.05, 3.63) is 56.9 Å². The van der Waals surface area contributed by atoms with Crippen LogP contribution < -0.4 is 14.4 Å². The molecule has 0 atom stereocenters. The van der Waals surface area contributed by atoms with Crippen LogP contribution in [0.2, 0.25) is 0 Å². The minimum Gasteiger partial charge on any atom is -0.493 e. The number of benzene rings is 2. The second-order valence-corrected chi connectivity index (χ2v) is 11.2. The van der Waals surface area contributed by atoms with Gasteiger partial charge in [0.05, 0.1) is 30.4 Å². The van der Waals surface area contributed by atoms with Crippen LogP contribution >= 0.6 is 39.9 Å². The van der Waals surface area contributed by atoms with Crippen molar-refractivity contribution in [3.8, 4) is 11.5 Å². The third-order valence-corrected chi connectivity index (χ3v) is 8.30. The normalized spacial score (nSPS) is 17.3. The van der Waals surface area contributed by atoms with Crippen LogP contribution in [0.3, 0.4) is 0 Å². The Morgan fingerprint density at radius 2 is 1.69 bits per heavy atom. The highest BCUT2D eigenvalue weighted by Gasteiger charge is 2.41. The van der Waals surface area contributed by atoms with Crippen molar-refractivity contribution in [2.45, 2.75) is 39.0 Å². The summed E-state index contributed by atoms with van der Waals surface area (Å²) in [6.07, 6.45) is 4.86. The van der Waals surface area contributed by atoms with E-state index in [-0.39, 0.29) is 11.8 Å². The number of halogens is 1. The Morgan fingerprint density at radius 1 is 0.917 bits per heavy atom. The molecule has 2 aliphatic rings. The van der Waals surface area contributed by atoms with Gasteiger partial charge >= 0.3 is 0 Å². The third kappa shape index (κ3) is 5.33. The number of methoxy groups -OCH3 is 2. The molecule has 190 valence electrons. The maximum atomic E-state index is 13.6. The predicted molar refractivity (Wildman–Crippen MR) is 153 cm³/mol. The quantitative estimate of drug-likeness (QED) is 0.187. The lowest BCUT2D eigenvalue weighted by Crippen LogP contribution is -2.31. The standard InChI is InChI=1S/C27H29BrN2O4S2/c1-4-5-6-7-13-29-20-10-9-18(28)16-19(20)23(25(29)31)24-26(32)30(27(35)36-24)14-12-17-8-11-21(33-2)22(15-17)34-3/h8-11,15-16H,4-7,12-14H2,1-3H3. The first kappa shape index (κ1) is 26.7. The lowest BCUT2D eigenvalue weighted by molar-refractivity contribution is -0.122. The number of amides is 2. The number of fused-ring (bicyclic) bond motifs is 1. The van der Waals surface area contributed by atoms with E-state index in [0.29, 0.717) is 45.8 Å². The fraction of sp³-hybridized carbons (Fsp3) is 0.370. The summed E-state index contributed by atoms with van der Waals surface area (Å²) in [6.45, 7) is 3.22. The first-order chi connectivity index (χ1) is 17.4. The molecule has 2 heterocycles. The lowest BCUT2D eigenvalue weighted by atomic mass is 10.1. The third-order valence-electron chi connectivity index (χ3n) is 6.36. The highest BCUT2D eigenvalue weighted by molar-refractivity contribution is 9.10. The molecular weight excluding hydrogens is 560 g/mol. The molecule has 36 heavy (non-hydrogen) atoms. The average molecular weight is 590 g/mol. The molecule has 4 rings (SSSR count). The summed E-state index contributed by atoms with van der Waals surface area (Å²) < 4.78 is 12.0. The van der Waals surface area contributed by atoms with Crippen LogP contribution in [0.4, 0.5) is 5.69 Å². The zero-order valence-electron chi connectivity index (χ0n) is 20.6. The van der Waals surface area contributed by atoms with Gasteiger partial charge in [0.25, 0.3) is 11.8 Å². The average Bonchev–Trinajstić information content (AvgIpc) is 3.30. The molecule has 1 fully saturated rings. The van der Waals surface area contributed by atoms with Gasteiger partial charge in [-0.15, -0.1) is 0 Å². The molecule has 0 aliphatic carbocycles.